The molecule has 3 heterocycles. The lowest BCUT2D eigenvalue weighted by Crippen LogP contribution is -2.21. The van der Waals surface area contributed by atoms with Crippen molar-refractivity contribution < 1.29 is 0 Å². The quantitative estimate of drug-likeness (QED) is 0.724. The monoisotopic (exact) mass is 268 g/mol. The van der Waals surface area contributed by atoms with Gasteiger partial charge in [-0.05, 0) is 13.8 Å². The number of rotatable bonds is 3. The van der Waals surface area contributed by atoms with E-state index >= 15 is 0 Å². The molecule has 0 aliphatic carbocycles. The zero-order chi connectivity index (χ0) is 14.1. The maximum absolute atomic E-state index is 4.49. The van der Waals surface area contributed by atoms with E-state index in [1.807, 2.05) is 37.5 Å². The van der Waals surface area contributed by atoms with E-state index in [4.69, 9.17) is 0 Å². The Bertz CT molecular complexity index is 734. The molecule has 0 saturated heterocycles. The molecule has 0 radical (unpaired) electrons. The molecular weight excluding hydrogens is 252 g/mol. The second-order valence-electron chi connectivity index (χ2n) is 4.86. The summed E-state index contributed by atoms with van der Waals surface area (Å²) in [7, 11) is 2.01. The van der Waals surface area contributed by atoms with Gasteiger partial charge in [-0.15, -0.1) is 0 Å². The van der Waals surface area contributed by atoms with Crippen LogP contribution in [0.15, 0.2) is 30.7 Å². The summed E-state index contributed by atoms with van der Waals surface area (Å²) in [5.74, 6) is 0.992. The molecule has 3 aromatic rings. The summed E-state index contributed by atoms with van der Waals surface area (Å²) in [4.78, 5) is 15.0. The summed E-state index contributed by atoms with van der Waals surface area (Å²) >= 11 is 0. The Morgan fingerprint density at radius 1 is 1.15 bits per heavy atom. The molecule has 0 bridgehead atoms. The van der Waals surface area contributed by atoms with Crippen molar-refractivity contribution in [2.45, 2.75) is 20.4 Å². The van der Waals surface area contributed by atoms with Crippen molar-refractivity contribution >= 4 is 11.5 Å². The minimum Gasteiger partial charge on any atom is -0.354 e. The Morgan fingerprint density at radius 2 is 2.00 bits per heavy atom. The van der Waals surface area contributed by atoms with Gasteiger partial charge in [0.1, 0.15) is 5.82 Å². The molecule has 0 saturated carbocycles. The number of aromatic nitrogens is 5. The molecule has 0 fully saturated rings. The molecule has 3 aromatic heterocycles. The summed E-state index contributed by atoms with van der Waals surface area (Å²) in [6, 6.07) is 4.00. The second kappa shape index (κ2) is 4.88. The lowest BCUT2D eigenvalue weighted by Gasteiger charge is -2.19. The van der Waals surface area contributed by atoms with E-state index in [0.717, 1.165) is 28.5 Å². The first kappa shape index (κ1) is 12.5. The highest BCUT2D eigenvalue weighted by Crippen LogP contribution is 2.18. The average Bonchev–Trinajstić information content (AvgIpc) is 2.78. The molecule has 0 aliphatic rings. The van der Waals surface area contributed by atoms with E-state index in [0.29, 0.717) is 6.54 Å². The predicted octanol–water partition coefficient (Wildman–Crippen LogP) is 1.77. The Morgan fingerprint density at radius 3 is 2.75 bits per heavy atom. The molecule has 0 spiro atoms. The van der Waals surface area contributed by atoms with Crippen molar-refractivity contribution in [2.24, 2.45) is 0 Å². The zero-order valence-electron chi connectivity index (χ0n) is 11.8. The van der Waals surface area contributed by atoms with Crippen LogP contribution in [-0.4, -0.2) is 31.6 Å². The molecule has 3 rings (SSSR count). The Hall–Kier alpha value is -2.50. The van der Waals surface area contributed by atoms with E-state index in [-0.39, 0.29) is 0 Å². The van der Waals surface area contributed by atoms with E-state index in [9.17, 15) is 0 Å². The highest BCUT2D eigenvalue weighted by Gasteiger charge is 2.11. The third-order valence-electron chi connectivity index (χ3n) is 3.07. The highest BCUT2D eigenvalue weighted by atomic mass is 15.3. The molecule has 0 aromatic carbocycles. The largest absolute Gasteiger partial charge is 0.354 e. The van der Waals surface area contributed by atoms with Crippen molar-refractivity contribution in [1.29, 1.82) is 0 Å². The summed E-state index contributed by atoms with van der Waals surface area (Å²) < 4.78 is 1.86. The van der Waals surface area contributed by atoms with Crippen LogP contribution in [0, 0.1) is 13.8 Å². The second-order valence-corrected chi connectivity index (χ2v) is 4.86. The first-order valence-electron chi connectivity index (χ1n) is 6.43. The molecule has 20 heavy (non-hydrogen) atoms. The first-order chi connectivity index (χ1) is 9.63. The van der Waals surface area contributed by atoms with Gasteiger partial charge in [0, 0.05) is 37.3 Å². The summed E-state index contributed by atoms with van der Waals surface area (Å²) in [5.41, 5.74) is 3.71. The van der Waals surface area contributed by atoms with Crippen molar-refractivity contribution in [2.75, 3.05) is 11.9 Å². The highest BCUT2D eigenvalue weighted by molar-refractivity contribution is 5.51. The third kappa shape index (κ3) is 2.32. The fourth-order valence-corrected chi connectivity index (χ4v) is 2.20. The molecule has 0 unspecified atom stereocenters. The summed E-state index contributed by atoms with van der Waals surface area (Å²) in [6.45, 7) is 4.63. The van der Waals surface area contributed by atoms with Gasteiger partial charge in [-0.2, -0.15) is 9.61 Å². The normalized spacial score (nSPS) is 10.9. The van der Waals surface area contributed by atoms with Gasteiger partial charge < -0.3 is 4.90 Å². The Kier molecular flexibility index (Phi) is 3.06. The van der Waals surface area contributed by atoms with Crippen LogP contribution in [0.1, 0.15) is 17.1 Å². The summed E-state index contributed by atoms with van der Waals surface area (Å²) in [5, 5.41) is 4.49. The number of nitrogens with zero attached hydrogens (tertiary/aromatic N) is 6. The molecule has 0 amide bonds. The van der Waals surface area contributed by atoms with Gasteiger partial charge in [0.15, 0.2) is 5.65 Å². The summed E-state index contributed by atoms with van der Waals surface area (Å²) in [6.07, 6.45) is 5.15. The van der Waals surface area contributed by atoms with Crippen molar-refractivity contribution in [3.05, 3.63) is 47.8 Å². The van der Waals surface area contributed by atoms with Crippen LogP contribution in [0.25, 0.3) is 5.65 Å². The topological polar surface area (TPSA) is 59.2 Å². The number of anilines is 1. The third-order valence-corrected chi connectivity index (χ3v) is 3.07. The van der Waals surface area contributed by atoms with E-state index in [2.05, 4.69) is 25.0 Å². The standard InChI is InChI=1S/C14H16N6/c1-10-7-14(20-13(17-10)6-11(2)18-20)19(3)9-12-8-15-4-5-16-12/h4-8H,9H2,1-3H3. The van der Waals surface area contributed by atoms with Gasteiger partial charge in [0.05, 0.1) is 24.1 Å². The van der Waals surface area contributed by atoms with E-state index in [1.54, 1.807) is 18.6 Å². The van der Waals surface area contributed by atoms with Crippen molar-refractivity contribution in [1.82, 2.24) is 24.6 Å². The van der Waals surface area contributed by atoms with Crippen LogP contribution in [-0.2, 0) is 6.54 Å². The van der Waals surface area contributed by atoms with Crippen LogP contribution in [0.5, 0.6) is 0 Å². The first-order valence-corrected chi connectivity index (χ1v) is 6.43. The van der Waals surface area contributed by atoms with E-state index < -0.39 is 0 Å². The fraction of sp³-hybridized carbons (Fsp3) is 0.286. The predicted molar refractivity (Wildman–Crippen MR) is 76.6 cm³/mol. The van der Waals surface area contributed by atoms with Crippen LogP contribution in [0.4, 0.5) is 5.82 Å². The number of fused-ring (bicyclic) bond motifs is 1. The Balaban J connectivity index is 2.00. The van der Waals surface area contributed by atoms with Crippen molar-refractivity contribution in [3.8, 4) is 0 Å². The van der Waals surface area contributed by atoms with Gasteiger partial charge >= 0.3 is 0 Å². The molecule has 0 N–H and O–H groups in total. The van der Waals surface area contributed by atoms with Crippen LogP contribution in [0.2, 0.25) is 0 Å². The molecule has 6 heteroatoms. The van der Waals surface area contributed by atoms with E-state index in [1.165, 1.54) is 0 Å². The minimum atomic E-state index is 0.672. The molecule has 102 valence electrons. The van der Waals surface area contributed by atoms with Gasteiger partial charge in [-0.25, -0.2) is 4.98 Å². The Labute approximate surface area is 117 Å². The van der Waals surface area contributed by atoms with Gasteiger partial charge in [0.25, 0.3) is 0 Å². The number of hydrogen-bond donors (Lipinski definition) is 0. The van der Waals surface area contributed by atoms with Crippen LogP contribution in [0.3, 0.4) is 0 Å². The van der Waals surface area contributed by atoms with Crippen LogP contribution >= 0.6 is 0 Å². The number of aryl methyl sites for hydroxylation is 2. The smallest absolute Gasteiger partial charge is 0.157 e. The van der Waals surface area contributed by atoms with Gasteiger partial charge in [-0.1, -0.05) is 0 Å². The SMILES string of the molecule is Cc1cc(N(C)Cc2cnccn2)n2nc(C)cc2n1. The number of hydrogen-bond acceptors (Lipinski definition) is 5. The average molecular weight is 268 g/mol. The molecule has 0 aliphatic heterocycles. The fourth-order valence-electron chi connectivity index (χ4n) is 2.20. The zero-order valence-corrected chi connectivity index (χ0v) is 11.8. The van der Waals surface area contributed by atoms with Gasteiger partial charge in [-0.3, -0.25) is 9.97 Å². The molecule has 0 atom stereocenters. The lowest BCUT2D eigenvalue weighted by atomic mass is 10.3. The van der Waals surface area contributed by atoms with Crippen LogP contribution < -0.4 is 4.90 Å². The molecule has 6 nitrogen and oxygen atoms in total. The maximum Gasteiger partial charge on any atom is 0.157 e. The maximum atomic E-state index is 4.49. The minimum absolute atomic E-state index is 0.672. The van der Waals surface area contributed by atoms with Gasteiger partial charge in [0.2, 0.25) is 0 Å². The van der Waals surface area contributed by atoms with Crippen molar-refractivity contribution in [3.63, 3.8) is 0 Å². The molecular formula is C14H16N6. The lowest BCUT2D eigenvalue weighted by molar-refractivity contribution is 0.803.